The monoisotopic (exact) mass is 286 g/mol. The van der Waals surface area contributed by atoms with Gasteiger partial charge in [-0.25, -0.2) is 0 Å². The minimum Gasteiger partial charge on any atom is -0.461 e. The number of hydrogen-bond acceptors (Lipinski definition) is 3. The van der Waals surface area contributed by atoms with Gasteiger partial charge in [-0.15, -0.1) is 0 Å². The molecule has 1 aliphatic heterocycles. The first-order valence-electron chi connectivity index (χ1n) is 8.16. The highest BCUT2D eigenvalue weighted by molar-refractivity contribution is 5.82. The first kappa shape index (κ1) is 14.6. The Balaban J connectivity index is 1.90. The Morgan fingerprint density at radius 3 is 2.67 bits per heavy atom. The Morgan fingerprint density at radius 2 is 2.00 bits per heavy atom. The Morgan fingerprint density at radius 1 is 1.29 bits per heavy atom. The van der Waals surface area contributed by atoms with Crippen molar-refractivity contribution in [3.05, 3.63) is 35.6 Å². The van der Waals surface area contributed by atoms with Crippen LogP contribution in [-0.4, -0.2) is 24.5 Å². The average molecular weight is 286 g/mol. The number of rotatable bonds is 4. The predicted molar refractivity (Wildman–Crippen MR) is 87.3 cm³/mol. The van der Waals surface area contributed by atoms with Gasteiger partial charge in [-0.3, -0.25) is 4.90 Å². The van der Waals surface area contributed by atoms with Crippen LogP contribution in [0.1, 0.15) is 43.6 Å². The number of likely N-dealkylation sites (tertiary alicyclic amines) is 1. The van der Waals surface area contributed by atoms with Crippen molar-refractivity contribution in [2.24, 2.45) is 11.7 Å². The molecule has 1 fully saturated rings. The van der Waals surface area contributed by atoms with Gasteiger partial charge in [0.1, 0.15) is 11.3 Å². The van der Waals surface area contributed by atoms with Crippen molar-refractivity contribution in [1.29, 1.82) is 0 Å². The van der Waals surface area contributed by atoms with Gasteiger partial charge in [0.25, 0.3) is 0 Å². The average Bonchev–Trinajstić information content (AvgIpc) is 2.85. The van der Waals surface area contributed by atoms with Crippen LogP contribution in [-0.2, 0) is 0 Å². The number of nitrogens with two attached hydrogens (primary N) is 1. The highest BCUT2D eigenvalue weighted by Crippen LogP contribution is 2.35. The van der Waals surface area contributed by atoms with Gasteiger partial charge in [0.05, 0.1) is 6.04 Å². The number of benzene rings is 1. The van der Waals surface area contributed by atoms with Crippen molar-refractivity contribution in [3.8, 4) is 0 Å². The van der Waals surface area contributed by atoms with Gasteiger partial charge in [0.2, 0.25) is 0 Å². The fraction of sp³-hybridized carbons (Fsp3) is 0.556. The van der Waals surface area contributed by atoms with Crippen LogP contribution in [0.25, 0.3) is 11.0 Å². The maximum Gasteiger partial charge on any atom is 0.134 e. The van der Waals surface area contributed by atoms with E-state index in [1.54, 1.807) is 0 Å². The minimum absolute atomic E-state index is 0.284. The molecule has 3 heteroatoms. The molecule has 0 aliphatic carbocycles. The van der Waals surface area contributed by atoms with Gasteiger partial charge in [-0.2, -0.15) is 0 Å². The lowest BCUT2D eigenvalue weighted by molar-refractivity contribution is 0.133. The molecule has 0 spiro atoms. The fourth-order valence-electron chi connectivity index (χ4n) is 3.72. The lowest BCUT2D eigenvalue weighted by Gasteiger charge is -2.37. The van der Waals surface area contributed by atoms with Crippen LogP contribution in [0.2, 0.25) is 0 Å². The van der Waals surface area contributed by atoms with Gasteiger partial charge in [-0.1, -0.05) is 31.5 Å². The van der Waals surface area contributed by atoms with Crippen LogP contribution in [0.15, 0.2) is 28.7 Å². The molecule has 1 unspecified atom stereocenters. The third-order valence-corrected chi connectivity index (χ3v) is 5.04. The van der Waals surface area contributed by atoms with Crippen LogP contribution in [0.4, 0.5) is 0 Å². The molecular formula is C18H26N2O. The molecule has 1 saturated heterocycles. The smallest absolute Gasteiger partial charge is 0.134 e. The number of nitrogens with zero attached hydrogens (tertiary/aromatic N) is 1. The maximum absolute atomic E-state index is 6.14. The van der Waals surface area contributed by atoms with E-state index in [1.165, 1.54) is 30.2 Å². The Bertz CT molecular complexity index is 596. The summed E-state index contributed by atoms with van der Waals surface area (Å²) in [7, 11) is 0. The summed E-state index contributed by atoms with van der Waals surface area (Å²) in [4.78, 5) is 2.55. The van der Waals surface area contributed by atoms with E-state index in [9.17, 15) is 0 Å². The second kappa shape index (κ2) is 6.20. The van der Waals surface area contributed by atoms with Crippen LogP contribution in [0.3, 0.4) is 0 Å². The maximum atomic E-state index is 6.14. The van der Waals surface area contributed by atoms with Gasteiger partial charge in [-0.05, 0) is 44.8 Å². The molecular weight excluding hydrogens is 260 g/mol. The molecule has 0 amide bonds. The van der Waals surface area contributed by atoms with Crippen LogP contribution >= 0.6 is 0 Å². The molecule has 0 radical (unpaired) electrons. The minimum atomic E-state index is 0.284. The van der Waals surface area contributed by atoms with E-state index in [0.717, 1.165) is 30.4 Å². The van der Waals surface area contributed by atoms with Crippen molar-refractivity contribution in [2.45, 2.75) is 39.2 Å². The molecule has 1 aliphatic rings. The Labute approximate surface area is 127 Å². The highest BCUT2D eigenvalue weighted by Gasteiger charge is 2.28. The zero-order valence-electron chi connectivity index (χ0n) is 13.1. The number of furan rings is 1. The van der Waals surface area contributed by atoms with Crippen LogP contribution < -0.4 is 5.73 Å². The summed E-state index contributed by atoms with van der Waals surface area (Å²) in [6.07, 6.45) is 3.89. The van der Waals surface area contributed by atoms with E-state index in [2.05, 4.69) is 30.9 Å². The summed E-state index contributed by atoms with van der Waals surface area (Å²) in [6, 6.07) is 8.59. The molecule has 114 valence electrons. The molecule has 3 nitrogen and oxygen atoms in total. The first-order chi connectivity index (χ1) is 10.2. The van der Waals surface area contributed by atoms with E-state index in [-0.39, 0.29) is 6.04 Å². The van der Waals surface area contributed by atoms with Crippen molar-refractivity contribution < 1.29 is 4.42 Å². The quantitative estimate of drug-likeness (QED) is 0.928. The third-order valence-electron chi connectivity index (χ3n) is 5.04. The van der Waals surface area contributed by atoms with E-state index in [0.29, 0.717) is 6.54 Å². The van der Waals surface area contributed by atoms with Crippen molar-refractivity contribution in [1.82, 2.24) is 4.90 Å². The number of piperidine rings is 1. The molecule has 2 heterocycles. The Kier molecular flexibility index (Phi) is 4.32. The van der Waals surface area contributed by atoms with Gasteiger partial charge in [0, 0.05) is 17.5 Å². The summed E-state index contributed by atoms with van der Waals surface area (Å²) in [6.45, 7) is 7.32. The number of hydrogen-bond donors (Lipinski definition) is 1. The van der Waals surface area contributed by atoms with E-state index < -0.39 is 0 Å². The summed E-state index contributed by atoms with van der Waals surface area (Å²) in [5.41, 5.74) is 8.41. The van der Waals surface area contributed by atoms with Crippen LogP contribution in [0, 0.1) is 12.8 Å². The van der Waals surface area contributed by atoms with E-state index in [1.807, 2.05) is 12.1 Å². The lowest BCUT2D eigenvalue weighted by atomic mass is 9.92. The molecule has 0 saturated carbocycles. The number of aryl methyl sites for hydroxylation is 1. The SMILES string of the molecule is CCC1CCN(C(CN)c2c(C)oc3ccccc23)CC1. The molecule has 1 aromatic heterocycles. The van der Waals surface area contributed by atoms with Gasteiger partial charge in [0.15, 0.2) is 0 Å². The molecule has 3 rings (SSSR count). The standard InChI is InChI=1S/C18H26N2O/c1-3-14-8-10-20(11-9-14)16(12-19)18-13(2)21-17-7-5-4-6-15(17)18/h4-7,14,16H,3,8-12,19H2,1-2H3. The summed E-state index contributed by atoms with van der Waals surface area (Å²) < 4.78 is 5.93. The number of fused-ring (bicyclic) bond motifs is 1. The molecule has 0 bridgehead atoms. The lowest BCUT2D eigenvalue weighted by Crippen LogP contribution is -2.39. The predicted octanol–water partition coefficient (Wildman–Crippen LogP) is 3.86. The second-order valence-electron chi connectivity index (χ2n) is 6.21. The highest BCUT2D eigenvalue weighted by atomic mass is 16.3. The zero-order chi connectivity index (χ0) is 14.8. The zero-order valence-corrected chi connectivity index (χ0v) is 13.1. The normalized spacial score (nSPS) is 19.2. The van der Waals surface area contributed by atoms with Crippen molar-refractivity contribution in [3.63, 3.8) is 0 Å². The van der Waals surface area contributed by atoms with Gasteiger partial charge >= 0.3 is 0 Å². The molecule has 1 atom stereocenters. The third kappa shape index (κ3) is 2.72. The molecule has 21 heavy (non-hydrogen) atoms. The number of para-hydroxylation sites is 1. The molecule has 2 N–H and O–H groups in total. The molecule has 2 aromatic rings. The largest absolute Gasteiger partial charge is 0.461 e. The van der Waals surface area contributed by atoms with Crippen LogP contribution in [0.5, 0.6) is 0 Å². The Hall–Kier alpha value is -1.32. The first-order valence-corrected chi connectivity index (χ1v) is 8.16. The summed E-state index contributed by atoms with van der Waals surface area (Å²) in [5.74, 6) is 1.91. The van der Waals surface area contributed by atoms with Gasteiger partial charge < -0.3 is 10.2 Å². The fourth-order valence-corrected chi connectivity index (χ4v) is 3.72. The summed E-state index contributed by atoms with van der Waals surface area (Å²) in [5, 5.41) is 1.23. The topological polar surface area (TPSA) is 42.4 Å². The van der Waals surface area contributed by atoms with E-state index >= 15 is 0 Å². The molecule has 1 aromatic carbocycles. The van der Waals surface area contributed by atoms with Crippen molar-refractivity contribution >= 4 is 11.0 Å². The van der Waals surface area contributed by atoms with E-state index in [4.69, 9.17) is 10.2 Å². The second-order valence-corrected chi connectivity index (χ2v) is 6.21. The van der Waals surface area contributed by atoms with Crippen molar-refractivity contribution in [2.75, 3.05) is 19.6 Å². The summed E-state index contributed by atoms with van der Waals surface area (Å²) >= 11 is 0.